The van der Waals surface area contributed by atoms with Crippen molar-refractivity contribution in [3.8, 4) is 5.75 Å². The minimum atomic E-state index is 0.269. The number of benzene rings is 1. The van der Waals surface area contributed by atoms with Gasteiger partial charge in [0, 0.05) is 16.7 Å². The summed E-state index contributed by atoms with van der Waals surface area (Å²) in [6.07, 6.45) is 3.86. The molecule has 0 spiro atoms. The van der Waals surface area contributed by atoms with Gasteiger partial charge in [0.2, 0.25) is 0 Å². The Morgan fingerprint density at radius 2 is 1.95 bits per heavy atom. The third-order valence-electron chi connectivity index (χ3n) is 3.34. The van der Waals surface area contributed by atoms with E-state index in [4.69, 9.17) is 4.74 Å². The number of hydrogen-bond acceptors (Lipinski definition) is 3. The molecule has 1 aromatic carbocycles. The molecule has 3 nitrogen and oxygen atoms in total. The monoisotopic (exact) mass is 334 g/mol. The molecule has 0 aliphatic rings. The number of aryl methyl sites for hydroxylation is 1. The van der Waals surface area contributed by atoms with E-state index in [2.05, 4.69) is 44.4 Å². The number of ether oxygens (including phenoxy) is 1. The van der Waals surface area contributed by atoms with Gasteiger partial charge in [0.25, 0.3) is 0 Å². The van der Waals surface area contributed by atoms with Crippen LogP contribution < -0.4 is 10.1 Å². The molecule has 2 rings (SSSR count). The number of nitrogens with zero attached hydrogens (tertiary/aromatic N) is 1. The highest BCUT2D eigenvalue weighted by Gasteiger charge is 2.10. The second-order valence-electron chi connectivity index (χ2n) is 4.63. The highest BCUT2D eigenvalue weighted by molar-refractivity contribution is 9.10. The summed E-state index contributed by atoms with van der Waals surface area (Å²) in [5, 5.41) is 3.33. The lowest BCUT2D eigenvalue weighted by atomic mass is 10.0. The fourth-order valence-corrected chi connectivity index (χ4v) is 2.37. The van der Waals surface area contributed by atoms with Gasteiger partial charge in [-0.15, -0.1) is 0 Å². The molecule has 0 radical (unpaired) electrons. The van der Waals surface area contributed by atoms with Crippen LogP contribution in [0.5, 0.6) is 5.75 Å². The molecular formula is C16H19BrN2O. The first-order valence-corrected chi connectivity index (χ1v) is 7.44. The number of aromatic nitrogens is 1. The van der Waals surface area contributed by atoms with Crippen LogP contribution in [0, 0.1) is 0 Å². The largest absolute Gasteiger partial charge is 0.497 e. The van der Waals surface area contributed by atoms with Crippen molar-refractivity contribution in [1.29, 1.82) is 0 Å². The molecule has 0 fully saturated rings. The van der Waals surface area contributed by atoms with Crippen molar-refractivity contribution in [2.45, 2.75) is 18.9 Å². The predicted molar refractivity (Wildman–Crippen MR) is 85.1 cm³/mol. The summed E-state index contributed by atoms with van der Waals surface area (Å²) in [7, 11) is 3.66. The van der Waals surface area contributed by atoms with Crippen molar-refractivity contribution in [3.63, 3.8) is 0 Å². The van der Waals surface area contributed by atoms with Crippen LogP contribution in [0.25, 0.3) is 0 Å². The van der Waals surface area contributed by atoms with Gasteiger partial charge in [0.05, 0.1) is 12.8 Å². The number of rotatable bonds is 6. The Morgan fingerprint density at radius 1 is 1.20 bits per heavy atom. The highest BCUT2D eigenvalue weighted by Crippen LogP contribution is 2.20. The fourth-order valence-electron chi connectivity index (χ4n) is 2.14. The average Bonchev–Trinajstić information content (AvgIpc) is 2.50. The molecule has 0 amide bonds. The van der Waals surface area contributed by atoms with E-state index in [1.807, 2.05) is 31.4 Å². The molecule has 1 aromatic heterocycles. The van der Waals surface area contributed by atoms with Gasteiger partial charge >= 0.3 is 0 Å². The Labute approximate surface area is 128 Å². The first kappa shape index (κ1) is 15.0. The lowest BCUT2D eigenvalue weighted by Gasteiger charge is -2.15. The first-order chi connectivity index (χ1) is 9.72. The van der Waals surface area contributed by atoms with Gasteiger partial charge in [-0.05, 0) is 65.6 Å². The third kappa shape index (κ3) is 4.05. The van der Waals surface area contributed by atoms with Crippen LogP contribution in [0.1, 0.15) is 23.7 Å². The van der Waals surface area contributed by atoms with Crippen LogP contribution in [-0.2, 0) is 6.42 Å². The smallest absolute Gasteiger partial charge is 0.118 e. The van der Waals surface area contributed by atoms with Crippen LogP contribution >= 0.6 is 15.9 Å². The molecule has 1 heterocycles. The number of halogens is 1. The molecule has 0 aliphatic carbocycles. The maximum absolute atomic E-state index is 5.17. The standard InChI is InChI=1S/C16H19BrN2O/c1-18-15(16-10-6-13(17)11-19-16)9-5-12-3-7-14(20-2)8-4-12/h3-4,6-8,10-11,15,18H,5,9H2,1-2H3. The molecule has 20 heavy (non-hydrogen) atoms. The van der Waals surface area contributed by atoms with Gasteiger partial charge < -0.3 is 10.1 Å². The molecule has 1 atom stereocenters. The van der Waals surface area contributed by atoms with Crippen LogP contribution in [-0.4, -0.2) is 19.1 Å². The quantitative estimate of drug-likeness (QED) is 0.873. The first-order valence-electron chi connectivity index (χ1n) is 6.64. The molecule has 106 valence electrons. The lowest BCUT2D eigenvalue weighted by molar-refractivity contribution is 0.414. The van der Waals surface area contributed by atoms with Crippen molar-refractivity contribution >= 4 is 15.9 Å². The van der Waals surface area contributed by atoms with E-state index < -0.39 is 0 Å². The highest BCUT2D eigenvalue weighted by atomic mass is 79.9. The zero-order chi connectivity index (χ0) is 14.4. The molecule has 0 saturated heterocycles. The van der Waals surface area contributed by atoms with Crippen molar-refractivity contribution < 1.29 is 4.74 Å². The minimum absolute atomic E-state index is 0.269. The molecule has 2 aromatic rings. The second-order valence-corrected chi connectivity index (χ2v) is 5.54. The van der Waals surface area contributed by atoms with E-state index in [1.165, 1.54) is 5.56 Å². The Bertz CT molecular complexity index is 525. The van der Waals surface area contributed by atoms with E-state index in [1.54, 1.807) is 7.11 Å². The predicted octanol–water partition coefficient (Wildman–Crippen LogP) is 3.75. The van der Waals surface area contributed by atoms with Gasteiger partial charge in [-0.1, -0.05) is 12.1 Å². The van der Waals surface area contributed by atoms with E-state index in [0.717, 1.165) is 28.8 Å². The Morgan fingerprint density at radius 3 is 2.50 bits per heavy atom. The van der Waals surface area contributed by atoms with Crippen molar-refractivity contribution in [1.82, 2.24) is 10.3 Å². The maximum Gasteiger partial charge on any atom is 0.118 e. The summed E-state index contributed by atoms with van der Waals surface area (Å²) in [6, 6.07) is 12.6. The zero-order valence-electron chi connectivity index (χ0n) is 11.8. The summed E-state index contributed by atoms with van der Waals surface area (Å²) < 4.78 is 6.18. The normalized spacial score (nSPS) is 12.2. The summed E-state index contributed by atoms with van der Waals surface area (Å²) in [4.78, 5) is 4.46. The molecule has 0 aliphatic heterocycles. The minimum Gasteiger partial charge on any atom is -0.497 e. The van der Waals surface area contributed by atoms with Gasteiger partial charge in [-0.2, -0.15) is 0 Å². The number of hydrogen-bond donors (Lipinski definition) is 1. The van der Waals surface area contributed by atoms with E-state index in [0.29, 0.717) is 0 Å². The zero-order valence-corrected chi connectivity index (χ0v) is 13.4. The van der Waals surface area contributed by atoms with Crippen molar-refractivity contribution in [2.75, 3.05) is 14.2 Å². The number of methoxy groups -OCH3 is 1. The molecular weight excluding hydrogens is 316 g/mol. The second kappa shape index (κ2) is 7.41. The van der Waals surface area contributed by atoms with Gasteiger partial charge in [0.15, 0.2) is 0 Å². The topological polar surface area (TPSA) is 34.1 Å². The van der Waals surface area contributed by atoms with E-state index >= 15 is 0 Å². The summed E-state index contributed by atoms with van der Waals surface area (Å²) >= 11 is 3.41. The molecule has 1 N–H and O–H groups in total. The molecule has 0 bridgehead atoms. The van der Waals surface area contributed by atoms with Gasteiger partial charge in [-0.3, -0.25) is 4.98 Å². The molecule has 0 saturated carbocycles. The van der Waals surface area contributed by atoms with Crippen LogP contribution in [0.3, 0.4) is 0 Å². The summed E-state index contributed by atoms with van der Waals surface area (Å²) in [5.74, 6) is 0.897. The maximum atomic E-state index is 5.17. The van der Waals surface area contributed by atoms with Crippen molar-refractivity contribution in [2.24, 2.45) is 0 Å². The van der Waals surface area contributed by atoms with Gasteiger partial charge in [0.1, 0.15) is 5.75 Å². The Kier molecular flexibility index (Phi) is 5.56. The van der Waals surface area contributed by atoms with Gasteiger partial charge in [-0.25, -0.2) is 0 Å². The number of nitrogens with one attached hydrogen (secondary N) is 1. The molecule has 1 unspecified atom stereocenters. The lowest BCUT2D eigenvalue weighted by Crippen LogP contribution is -2.18. The van der Waals surface area contributed by atoms with E-state index in [9.17, 15) is 0 Å². The number of pyridine rings is 1. The third-order valence-corrected chi connectivity index (χ3v) is 3.81. The Balaban J connectivity index is 1.97. The fraction of sp³-hybridized carbons (Fsp3) is 0.312. The van der Waals surface area contributed by atoms with E-state index in [-0.39, 0.29) is 6.04 Å². The summed E-state index contributed by atoms with van der Waals surface area (Å²) in [5.41, 5.74) is 2.38. The average molecular weight is 335 g/mol. The SMILES string of the molecule is CNC(CCc1ccc(OC)cc1)c1ccc(Br)cn1. The molecule has 4 heteroatoms. The van der Waals surface area contributed by atoms with Crippen LogP contribution in [0.4, 0.5) is 0 Å². The van der Waals surface area contributed by atoms with Crippen molar-refractivity contribution in [3.05, 3.63) is 58.3 Å². The Hall–Kier alpha value is -1.39. The summed E-state index contributed by atoms with van der Waals surface area (Å²) in [6.45, 7) is 0. The van der Waals surface area contributed by atoms with Crippen LogP contribution in [0.2, 0.25) is 0 Å². The van der Waals surface area contributed by atoms with Crippen LogP contribution in [0.15, 0.2) is 47.1 Å².